The largest absolute Gasteiger partial charge is 0.748 e. The number of carbonyl (C=O) groups excluding carboxylic acids is 1. The summed E-state index contributed by atoms with van der Waals surface area (Å²) in [6, 6.07) is 0. The molecule has 0 heterocycles. The van der Waals surface area contributed by atoms with Crippen molar-refractivity contribution in [3.8, 4) is 0 Å². The molecule has 0 aromatic rings. The highest BCUT2D eigenvalue weighted by atomic mass is 32.2. The minimum atomic E-state index is -4.12. The molecule has 8 heteroatoms. The Bertz CT molecular complexity index is 604. The van der Waals surface area contributed by atoms with E-state index in [9.17, 15) is 17.8 Å². The van der Waals surface area contributed by atoms with Gasteiger partial charge in [-0.1, -0.05) is 19.9 Å². The minimum Gasteiger partial charge on any atom is -0.748 e. The summed E-state index contributed by atoms with van der Waals surface area (Å²) in [4.78, 5) is 14.1. The van der Waals surface area contributed by atoms with E-state index in [0.29, 0.717) is 19.4 Å². The number of rotatable bonds is 18. The van der Waals surface area contributed by atoms with Crippen molar-refractivity contribution in [2.75, 3.05) is 73.2 Å². The highest BCUT2D eigenvalue weighted by Gasteiger charge is 2.19. The molecule has 0 atom stereocenters. The molecule has 0 aromatic heterocycles. The van der Waals surface area contributed by atoms with Gasteiger partial charge in [-0.15, -0.1) is 0 Å². The van der Waals surface area contributed by atoms with Crippen molar-refractivity contribution in [2.24, 2.45) is 0 Å². The number of hydrogen-bond donors (Lipinski definition) is 0. The molecule has 7 nitrogen and oxygen atoms in total. The minimum absolute atomic E-state index is 0.0164. The van der Waals surface area contributed by atoms with Gasteiger partial charge in [0.05, 0.1) is 64.5 Å². The predicted octanol–water partition coefficient (Wildman–Crippen LogP) is 2.45. The molecule has 0 aliphatic rings. The second-order valence-corrected chi connectivity index (χ2v) is 11.2. The zero-order valence-corrected chi connectivity index (χ0v) is 20.9. The summed E-state index contributed by atoms with van der Waals surface area (Å²) >= 11 is 0. The van der Waals surface area contributed by atoms with E-state index in [1.165, 1.54) is 31.9 Å². The van der Waals surface area contributed by atoms with Gasteiger partial charge in [0.2, 0.25) is 5.91 Å². The van der Waals surface area contributed by atoms with E-state index >= 15 is 0 Å². The lowest BCUT2D eigenvalue weighted by atomic mass is 10.2. The second kappa shape index (κ2) is 14.2. The highest BCUT2D eigenvalue weighted by Crippen LogP contribution is 2.08. The molecule has 0 radical (unpaired) electrons. The third-order valence-corrected chi connectivity index (χ3v) is 6.43. The van der Waals surface area contributed by atoms with Gasteiger partial charge in [0, 0.05) is 31.7 Å². The zero-order chi connectivity index (χ0) is 23.3. The van der Waals surface area contributed by atoms with Crippen molar-refractivity contribution in [1.82, 2.24) is 4.90 Å². The van der Waals surface area contributed by atoms with E-state index in [1.807, 2.05) is 4.90 Å². The molecule has 0 N–H and O–H groups in total. The fourth-order valence-electron chi connectivity index (χ4n) is 3.67. The van der Waals surface area contributed by atoms with Gasteiger partial charge in [-0.25, -0.2) is 8.42 Å². The molecule has 0 saturated heterocycles. The smallest absolute Gasteiger partial charge is 0.245 e. The van der Waals surface area contributed by atoms with Gasteiger partial charge in [0.25, 0.3) is 0 Å². The van der Waals surface area contributed by atoms with Crippen LogP contribution in [0.4, 0.5) is 0 Å². The number of carbonyl (C=O) groups is 1. The van der Waals surface area contributed by atoms with E-state index in [4.69, 9.17) is 0 Å². The number of hydrogen-bond acceptors (Lipinski definition) is 4. The molecule has 0 spiro atoms. The zero-order valence-electron chi connectivity index (χ0n) is 20.1. The van der Waals surface area contributed by atoms with Crippen LogP contribution in [0.1, 0.15) is 51.9 Å². The summed E-state index contributed by atoms with van der Waals surface area (Å²) in [7, 11) is 4.59. The first-order valence-electron chi connectivity index (χ1n) is 11.3. The van der Waals surface area contributed by atoms with Gasteiger partial charge < -0.3 is 18.4 Å². The topological polar surface area (TPSA) is 77.5 Å². The Hall–Kier alpha value is -0.960. The SMILES string of the molecule is C=CC(=O)N(CCC[N+](C)(C)CCCCC)CCC[N+](C)(C)CCCCS(=O)(=O)[O-]. The van der Waals surface area contributed by atoms with E-state index in [-0.39, 0.29) is 11.7 Å². The molecule has 0 unspecified atom stereocenters. The van der Waals surface area contributed by atoms with Crippen molar-refractivity contribution in [3.63, 3.8) is 0 Å². The van der Waals surface area contributed by atoms with Gasteiger partial charge in [-0.05, 0) is 31.8 Å². The molecule has 0 aliphatic carbocycles. The van der Waals surface area contributed by atoms with Crippen LogP contribution in [-0.2, 0) is 14.9 Å². The number of unbranched alkanes of at least 4 members (excludes halogenated alkanes) is 3. The van der Waals surface area contributed by atoms with Crippen LogP contribution in [0.3, 0.4) is 0 Å². The molecule has 0 bridgehead atoms. The van der Waals surface area contributed by atoms with Crippen LogP contribution in [0.25, 0.3) is 0 Å². The first kappa shape index (κ1) is 29.0. The summed E-state index contributed by atoms with van der Waals surface area (Å²) in [6.07, 6.45) is 8.09. The van der Waals surface area contributed by atoms with Crippen molar-refractivity contribution >= 4 is 16.0 Å². The fraction of sp³-hybridized carbons (Fsp3) is 0.864. The quantitative estimate of drug-likeness (QED) is 0.140. The lowest BCUT2D eigenvalue weighted by Crippen LogP contribution is -2.44. The summed E-state index contributed by atoms with van der Waals surface area (Å²) in [5.41, 5.74) is 0. The standard InChI is InChI=1S/C22H46N3O4S/c1-7-9-10-17-24(3,4)19-13-15-23(22(26)8-2)16-14-20-25(5,6)18-11-12-21-30(27,28)29/h8H,2,7,9-21H2,1,3-6H3/q+1. The van der Waals surface area contributed by atoms with E-state index < -0.39 is 10.1 Å². The Kier molecular flexibility index (Phi) is 13.7. The first-order valence-corrected chi connectivity index (χ1v) is 12.9. The molecular weight excluding hydrogens is 402 g/mol. The second-order valence-electron chi connectivity index (χ2n) is 9.68. The molecule has 0 saturated carbocycles. The summed E-state index contributed by atoms with van der Waals surface area (Å²) in [5.74, 6) is -0.306. The molecule has 30 heavy (non-hydrogen) atoms. The fourth-order valence-corrected chi connectivity index (χ4v) is 4.23. The summed E-state index contributed by atoms with van der Waals surface area (Å²) in [5, 5.41) is 0. The van der Waals surface area contributed by atoms with Crippen LogP contribution in [0, 0.1) is 0 Å². The number of nitrogens with zero attached hydrogens (tertiary/aromatic N) is 3. The Balaban J connectivity index is 4.37. The van der Waals surface area contributed by atoms with E-state index in [2.05, 4.69) is 41.7 Å². The van der Waals surface area contributed by atoms with Crippen molar-refractivity contribution in [3.05, 3.63) is 12.7 Å². The molecule has 0 aromatic carbocycles. The highest BCUT2D eigenvalue weighted by molar-refractivity contribution is 7.85. The van der Waals surface area contributed by atoms with Crippen molar-refractivity contribution < 1.29 is 26.7 Å². The Morgan fingerprint density at radius 1 is 0.867 bits per heavy atom. The van der Waals surface area contributed by atoms with Crippen LogP contribution in [0.15, 0.2) is 12.7 Å². The maximum atomic E-state index is 12.3. The number of quaternary nitrogens is 2. The first-order chi connectivity index (χ1) is 13.8. The third kappa shape index (κ3) is 15.8. The predicted molar refractivity (Wildman–Crippen MR) is 123 cm³/mol. The average Bonchev–Trinajstić information content (AvgIpc) is 2.62. The van der Waals surface area contributed by atoms with Crippen LogP contribution < -0.4 is 0 Å². The molecule has 0 aliphatic heterocycles. The summed E-state index contributed by atoms with van der Waals surface area (Å²) < 4.78 is 33.8. The monoisotopic (exact) mass is 448 g/mol. The van der Waals surface area contributed by atoms with Crippen molar-refractivity contribution in [2.45, 2.75) is 51.9 Å². The Labute approximate surface area is 185 Å². The van der Waals surface area contributed by atoms with E-state index in [0.717, 1.165) is 48.0 Å². The van der Waals surface area contributed by atoms with Crippen LogP contribution in [0.5, 0.6) is 0 Å². The van der Waals surface area contributed by atoms with Crippen LogP contribution in [-0.4, -0.2) is 106 Å². The van der Waals surface area contributed by atoms with Crippen molar-refractivity contribution in [1.29, 1.82) is 0 Å². The van der Waals surface area contributed by atoms with Gasteiger partial charge in [0.15, 0.2) is 0 Å². The Morgan fingerprint density at radius 3 is 1.70 bits per heavy atom. The lowest BCUT2D eigenvalue weighted by molar-refractivity contribution is -0.891. The molecule has 178 valence electrons. The maximum absolute atomic E-state index is 12.3. The molecular formula is C22H46N3O4S+. The van der Waals surface area contributed by atoms with E-state index in [1.54, 1.807) is 0 Å². The number of amides is 1. The maximum Gasteiger partial charge on any atom is 0.245 e. The van der Waals surface area contributed by atoms with Crippen LogP contribution in [0.2, 0.25) is 0 Å². The molecule has 0 fully saturated rings. The third-order valence-electron chi connectivity index (χ3n) is 5.64. The van der Waals surface area contributed by atoms with Gasteiger partial charge >= 0.3 is 0 Å². The average molecular weight is 449 g/mol. The Morgan fingerprint density at radius 2 is 1.30 bits per heavy atom. The molecule has 1 amide bonds. The van der Waals surface area contributed by atoms with Gasteiger partial charge in [-0.2, -0.15) is 0 Å². The molecule has 0 rings (SSSR count). The van der Waals surface area contributed by atoms with Gasteiger partial charge in [-0.3, -0.25) is 4.79 Å². The summed E-state index contributed by atoms with van der Waals surface area (Å²) in [6.45, 7) is 11.2. The van der Waals surface area contributed by atoms with Gasteiger partial charge in [0.1, 0.15) is 0 Å². The lowest BCUT2D eigenvalue weighted by Gasteiger charge is -2.32. The normalized spacial score (nSPS) is 12.7. The van der Waals surface area contributed by atoms with Crippen LogP contribution >= 0.6 is 0 Å².